The fourth-order valence-corrected chi connectivity index (χ4v) is 3.48. The maximum atomic E-state index is 6.35. The Morgan fingerprint density at radius 2 is 2.19 bits per heavy atom. The SMILES string of the molecule is CCN1CCCC(C(C)Nc2ccc(N(C)C)c(Cl)c2)C1. The third kappa shape index (κ3) is 4.27. The number of hydrogen-bond donors (Lipinski definition) is 1. The van der Waals surface area contributed by atoms with Crippen LogP contribution in [0.3, 0.4) is 0 Å². The highest BCUT2D eigenvalue weighted by atomic mass is 35.5. The molecule has 21 heavy (non-hydrogen) atoms. The molecule has 0 amide bonds. The summed E-state index contributed by atoms with van der Waals surface area (Å²) in [7, 11) is 4.02. The van der Waals surface area contributed by atoms with Crippen LogP contribution in [0, 0.1) is 5.92 Å². The van der Waals surface area contributed by atoms with Gasteiger partial charge in [-0.05, 0) is 57.0 Å². The van der Waals surface area contributed by atoms with Gasteiger partial charge in [0.2, 0.25) is 0 Å². The molecule has 118 valence electrons. The van der Waals surface area contributed by atoms with Crippen LogP contribution >= 0.6 is 11.6 Å². The summed E-state index contributed by atoms with van der Waals surface area (Å²) in [5, 5.41) is 4.44. The predicted molar refractivity (Wildman–Crippen MR) is 93.7 cm³/mol. The third-order valence-corrected chi connectivity index (χ3v) is 4.82. The second-order valence-electron chi connectivity index (χ2n) is 6.29. The zero-order chi connectivity index (χ0) is 15.4. The van der Waals surface area contributed by atoms with Crippen molar-refractivity contribution >= 4 is 23.0 Å². The molecule has 1 saturated heterocycles. The van der Waals surface area contributed by atoms with E-state index in [0.717, 1.165) is 22.9 Å². The number of piperidine rings is 1. The summed E-state index contributed by atoms with van der Waals surface area (Å²) in [5.74, 6) is 0.714. The lowest BCUT2D eigenvalue weighted by Gasteiger charge is -2.35. The summed E-state index contributed by atoms with van der Waals surface area (Å²) in [5.41, 5.74) is 2.18. The van der Waals surface area contributed by atoms with Gasteiger partial charge in [-0.25, -0.2) is 0 Å². The average molecular weight is 310 g/mol. The number of rotatable bonds is 5. The van der Waals surface area contributed by atoms with Gasteiger partial charge in [-0.2, -0.15) is 0 Å². The maximum absolute atomic E-state index is 6.35. The van der Waals surface area contributed by atoms with Crippen molar-refractivity contribution in [3.63, 3.8) is 0 Å². The van der Waals surface area contributed by atoms with E-state index in [1.807, 2.05) is 25.1 Å². The van der Waals surface area contributed by atoms with Gasteiger partial charge in [-0.1, -0.05) is 18.5 Å². The van der Waals surface area contributed by atoms with Gasteiger partial charge in [-0.3, -0.25) is 0 Å². The molecule has 0 radical (unpaired) electrons. The van der Waals surface area contributed by atoms with Gasteiger partial charge >= 0.3 is 0 Å². The van der Waals surface area contributed by atoms with Gasteiger partial charge in [0.05, 0.1) is 10.7 Å². The van der Waals surface area contributed by atoms with Gasteiger partial charge in [0, 0.05) is 32.4 Å². The first kappa shape index (κ1) is 16.4. The number of nitrogens with zero attached hydrogens (tertiary/aromatic N) is 2. The second kappa shape index (κ2) is 7.37. The molecular weight excluding hydrogens is 282 g/mol. The zero-order valence-corrected chi connectivity index (χ0v) is 14.5. The number of nitrogens with one attached hydrogen (secondary N) is 1. The number of halogens is 1. The molecule has 1 aromatic carbocycles. The van der Waals surface area contributed by atoms with Gasteiger partial charge < -0.3 is 15.1 Å². The summed E-state index contributed by atoms with van der Waals surface area (Å²) in [4.78, 5) is 4.59. The number of benzene rings is 1. The van der Waals surface area contributed by atoms with E-state index in [0.29, 0.717) is 12.0 Å². The van der Waals surface area contributed by atoms with Crippen LogP contribution in [-0.4, -0.2) is 44.7 Å². The summed E-state index contributed by atoms with van der Waals surface area (Å²) < 4.78 is 0. The Labute approximate surface area is 134 Å². The monoisotopic (exact) mass is 309 g/mol. The van der Waals surface area contributed by atoms with E-state index < -0.39 is 0 Å². The van der Waals surface area contributed by atoms with E-state index in [9.17, 15) is 0 Å². The average Bonchev–Trinajstić information content (AvgIpc) is 2.47. The Morgan fingerprint density at radius 3 is 2.81 bits per heavy atom. The van der Waals surface area contributed by atoms with Gasteiger partial charge in [0.25, 0.3) is 0 Å². The highest BCUT2D eigenvalue weighted by Crippen LogP contribution is 2.29. The lowest BCUT2D eigenvalue weighted by Crippen LogP contribution is -2.41. The van der Waals surface area contributed by atoms with Crippen molar-refractivity contribution in [1.29, 1.82) is 0 Å². The molecule has 0 bridgehead atoms. The van der Waals surface area contributed by atoms with Crippen LogP contribution in [-0.2, 0) is 0 Å². The van der Waals surface area contributed by atoms with Crippen LogP contribution < -0.4 is 10.2 Å². The molecule has 4 heteroatoms. The topological polar surface area (TPSA) is 18.5 Å². The molecule has 0 aromatic heterocycles. The molecule has 3 nitrogen and oxygen atoms in total. The van der Waals surface area contributed by atoms with Gasteiger partial charge in [-0.15, -0.1) is 0 Å². The van der Waals surface area contributed by atoms with Crippen LogP contribution in [0.15, 0.2) is 18.2 Å². The van der Waals surface area contributed by atoms with E-state index >= 15 is 0 Å². The molecule has 1 heterocycles. The second-order valence-corrected chi connectivity index (χ2v) is 6.70. The smallest absolute Gasteiger partial charge is 0.0659 e. The maximum Gasteiger partial charge on any atom is 0.0659 e. The summed E-state index contributed by atoms with van der Waals surface area (Å²) in [6, 6.07) is 6.71. The molecule has 0 aliphatic carbocycles. The summed E-state index contributed by atoms with van der Waals surface area (Å²) >= 11 is 6.35. The third-order valence-electron chi connectivity index (χ3n) is 4.52. The Hall–Kier alpha value is -0.930. The minimum absolute atomic E-state index is 0.473. The van der Waals surface area contributed by atoms with Crippen LogP contribution in [0.1, 0.15) is 26.7 Å². The Morgan fingerprint density at radius 1 is 1.43 bits per heavy atom. The van der Waals surface area contributed by atoms with E-state index in [-0.39, 0.29) is 0 Å². The molecule has 0 saturated carbocycles. The van der Waals surface area contributed by atoms with Gasteiger partial charge in [0.15, 0.2) is 0 Å². The van der Waals surface area contributed by atoms with Crippen molar-refractivity contribution in [2.45, 2.75) is 32.7 Å². The lowest BCUT2D eigenvalue weighted by atomic mass is 9.91. The minimum atomic E-state index is 0.473. The van der Waals surface area contributed by atoms with Crippen molar-refractivity contribution in [3.8, 4) is 0 Å². The molecule has 2 rings (SSSR count). The van der Waals surface area contributed by atoms with Crippen LogP contribution in [0.2, 0.25) is 5.02 Å². The van der Waals surface area contributed by atoms with E-state index in [1.54, 1.807) is 0 Å². The van der Waals surface area contributed by atoms with E-state index in [1.165, 1.54) is 25.9 Å². The molecule has 1 fully saturated rings. The highest BCUT2D eigenvalue weighted by Gasteiger charge is 2.23. The molecule has 2 unspecified atom stereocenters. The van der Waals surface area contributed by atoms with Crippen LogP contribution in [0.4, 0.5) is 11.4 Å². The molecule has 1 N–H and O–H groups in total. The number of anilines is 2. The lowest BCUT2D eigenvalue weighted by molar-refractivity contribution is 0.172. The Bertz CT molecular complexity index is 461. The first-order chi connectivity index (χ1) is 10.0. The fourth-order valence-electron chi connectivity index (χ4n) is 3.13. The molecule has 1 aliphatic heterocycles. The molecule has 0 spiro atoms. The summed E-state index contributed by atoms with van der Waals surface area (Å²) in [6.45, 7) is 8.15. The normalized spacial score (nSPS) is 21.1. The summed E-state index contributed by atoms with van der Waals surface area (Å²) in [6.07, 6.45) is 2.62. The van der Waals surface area contributed by atoms with E-state index in [4.69, 9.17) is 11.6 Å². The van der Waals surface area contributed by atoms with E-state index in [2.05, 4.69) is 36.2 Å². The standard InChI is InChI=1S/C17H28ClN3/c1-5-21-10-6-7-14(12-21)13(2)19-15-8-9-17(20(3)4)16(18)11-15/h8-9,11,13-14,19H,5-7,10,12H2,1-4H3. The van der Waals surface area contributed by atoms with Crippen LogP contribution in [0.5, 0.6) is 0 Å². The quantitative estimate of drug-likeness (QED) is 0.889. The zero-order valence-electron chi connectivity index (χ0n) is 13.7. The van der Waals surface area contributed by atoms with Crippen molar-refractivity contribution in [2.75, 3.05) is 43.9 Å². The van der Waals surface area contributed by atoms with Crippen molar-refractivity contribution in [3.05, 3.63) is 23.2 Å². The fraction of sp³-hybridized carbons (Fsp3) is 0.647. The first-order valence-corrected chi connectivity index (χ1v) is 8.34. The first-order valence-electron chi connectivity index (χ1n) is 7.97. The largest absolute Gasteiger partial charge is 0.382 e. The van der Waals surface area contributed by atoms with Gasteiger partial charge in [0.1, 0.15) is 0 Å². The molecule has 1 aliphatic rings. The Balaban J connectivity index is 1.99. The van der Waals surface area contributed by atoms with Crippen LogP contribution in [0.25, 0.3) is 0 Å². The highest BCUT2D eigenvalue weighted by molar-refractivity contribution is 6.33. The molecular formula is C17H28ClN3. The van der Waals surface area contributed by atoms with Crippen molar-refractivity contribution < 1.29 is 0 Å². The van der Waals surface area contributed by atoms with Crippen molar-refractivity contribution in [1.82, 2.24) is 4.90 Å². The molecule has 1 aromatic rings. The number of likely N-dealkylation sites (tertiary alicyclic amines) is 1. The molecule has 2 atom stereocenters. The Kier molecular flexibility index (Phi) is 5.77. The number of hydrogen-bond acceptors (Lipinski definition) is 3. The minimum Gasteiger partial charge on any atom is -0.382 e. The predicted octanol–water partition coefficient (Wildman–Crippen LogP) is 3.94. The van der Waals surface area contributed by atoms with Crippen molar-refractivity contribution in [2.24, 2.45) is 5.92 Å².